The molecular formula is C8H19N3O3S. The zero-order chi connectivity index (χ0) is 12.1. The summed E-state index contributed by atoms with van der Waals surface area (Å²) in [5, 5.41) is 5.07. The van der Waals surface area contributed by atoms with Crippen LogP contribution in [0.2, 0.25) is 0 Å². The summed E-state index contributed by atoms with van der Waals surface area (Å²) in [5.74, 6) is -0.0918. The lowest BCUT2D eigenvalue weighted by atomic mass is 10.4. The van der Waals surface area contributed by atoms with Crippen LogP contribution < -0.4 is 10.6 Å². The van der Waals surface area contributed by atoms with Crippen molar-refractivity contribution in [3.8, 4) is 0 Å². The first-order valence-corrected chi connectivity index (χ1v) is 6.31. The summed E-state index contributed by atoms with van der Waals surface area (Å²) in [4.78, 5) is 11.1. The minimum Gasteiger partial charge on any atom is -0.337 e. The number of sulfonamides is 1. The van der Waals surface area contributed by atoms with E-state index in [1.165, 1.54) is 14.1 Å². The van der Waals surface area contributed by atoms with Gasteiger partial charge in [0.1, 0.15) is 0 Å². The maximum Gasteiger partial charge on any atom is 0.315 e. The van der Waals surface area contributed by atoms with E-state index in [1.807, 2.05) is 13.8 Å². The fraction of sp³-hybridized carbons (Fsp3) is 0.875. The van der Waals surface area contributed by atoms with Crippen LogP contribution in [0.15, 0.2) is 0 Å². The first kappa shape index (κ1) is 14.2. The molecule has 0 saturated carbocycles. The lowest BCUT2D eigenvalue weighted by molar-refractivity contribution is 0.239. The van der Waals surface area contributed by atoms with E-state index < -0.39 is 10.0 Å². The summed E-state index contributed by atoms with van der Waals surface area (Å²) in [5.41, 5.74) is 0. The molecule has 15 heavy (non-hydrogen) atoms. The van der Waals surface area contributed by atoms with Gasteiger partial charge in [0.2, 0.25) is 10.0 Å². The Morgan fingerprint density at radius 2 is 1.87 bits per heavy atom. The van der Waals surface area contributed by atoms with Crippen molar-refractivity contribution in [1.82, 2.24) is 14.9 Å². The standard InChI is InChI=1S/C8H19N3O3S/c1-7(2)10-8(12)9-5-6-15(13,14)11(3)4/h7H,5-6H2,1-4H3,(H2,9,10,12). The molecule has 0 saturated heterocycles. The molecule has 0 aromatic heterocycles. The molecule has 0 spiro atoms. The number of amides is 2. The highest BCUT2D eigenvalue weighted by Gasteiger charge is 2.13. The average Bonchev–Trinajstić information content (AvgIpc) is 2.01. The van der Waals surface area contributed by atoms with Gasteiger partial charge in [0.15, 0.2) is 0 Å². The summed E-state index contributed by atoms with van der Waals surface area (Å²) in [6.07, 6.45) is 0. The number of carbonyl (C=O) groups excluding carboxylic acids is 1. The summed E-state index contributed by atoms with van der Waals surface area (Å²) in [6, 6.07) is -0.311. The van der Waals surface area contributed by atoms with Gasteiger partial charge < -0.3 is 10.6 Å². The third-order valence-electron chi connectivity index (χ3n) is 1.62. The number of nitrogens with zero attached hydrogens (tertiary/aromatic N) is 1. The minimum atomic E-state index is -3.23. The van der Waals surface area contributed by atoms with E-state index in [0.29, 0.717) is 0 Å². The molecule has 0 aliphatic heterocycles. The monoisotopic (exact) mass is 237 g/mol. The number of carbonyl (C=O) groups is 1. The molecule has 0 unspecified atom stereocenters. The number of urea groups is 1. The van der Waals surface area contributed by atoms with Crippen molar-refractivity contribution in [2.45, 2.75) is 19.9 Å². The van der Waals surface area contributed by atoms with Gasteiger partial charge >= 0.3 is 6.03 Å². The van der Waals surface area contributed by atoms with Crippen molar-refractivity contribution in [2.24, 2.45) is 0 Å². The molecular weight excluding hydrogens is 218 g/mol. The Labute approximate surface area is 91.1 Å². The van der Waals surface area contributed by atoms with Gasteiger partial charge in [-0.25, -0.2) is 17.5 Å². The molecule has 0 radical (unpaired) electrons. The molecule has 0 atom stereocenters. The van der Waals surface area contributed by atoms with Crippen LogP contribution in [-0.4, -0.2) is 51.2 Å². The van der Waals surface area contributed by atoms with E-state index in [9.17, 15) is 13.2 Å². The van der Waals surface area contributed by atoms with E-state index in [-0.39, 0.29) is 24.4 Å². The zero-order valence-electron chi connectivity index (χ0n) is 9.57. The van der Waals surface area contributed by atoms with Gasteiger partial charge in [-0.15, -0.1) is 0 Å². The van der Waals surface area contributed by atoms with Crippen LogP contribution in [-0.2, 0) is 10.0 Å². The Bertz CT molecular complexity index is 298. The molecule has 7 heteroatoms. The van der Waals surface area contributed by atoms with Crippen LogP contribution in [0, 0.1) is 0 Å². The first-order valence-electron chi connectivity index (χ1n) is 4.70. The van der Waals surface area contributed by atoms with Gasteiger partial charge in [-0.2, -0.15) is 0 Å². The fourth-order valence-corrected chi connectivity index (χ4v) is 1.51. The number of rotatable bonds is 5. The second kappa shape index (κ2) is 5.92. The Balaban J connectivity index is 3.86. The third kappa shape index (κ3) is 6.29. The Hall–Kier alpha value is -0.820. The number of nitrogens with one attached hydrogen (secondary N) is 2. The van der Waals surface area contributed by atoms with Crippen molar-refractivity contribution in [1.29, 1.82) is 0 Å². The van der Waals surface area contributed by atoms with Gasteiger partial charge in [0.05, 0.1) is 5.75 Å². The van der Waals surface area contributed by atoms with Crippen LogP contribution >= 0.6 is 0 Å². The Morgan fingerprint density at radius 1 is 1.33 bits per heavy atom. The Kier molecular flexibility index (Phi) is 5.59. The van der Waals surface area contributed by atoms with Gasteiger partial charge in [-0.3, -0.25) is 0 Å². The maximum atomic E-state index is 11.3. The fourth-order valence-electron chi connectivity index (χ4n) is 0.789. The molecule has 0 aromatic carbocycles. The molecule has 0 bridgehead atoms. The topological polar surface area (TPSA) is 78.5 Å². The summed E-state index contributed by atoms with van der Waals surface area (Å²) < 4.78 is 23.7. The summed E-state index contributed by atoms with van der Waals surface area (Å²) in [7, 11) is -0.308. The van der Waals surface area contributed by atoms with Crippen LogP contribution in [0.4, 0.5) is 4.79 Å². The first-order chi connectivity index (χ1) is 6.75. The van der Waals surface area contributed by atoms with Gasteiger partial charge in [-0.1, -0.05) is 0 Å². The summed E-state index contributed by atoms with van der Waals surface area (Å²) >= 11 is 0. The molecule has 90 valence electrons. The van der Waals surface area contributed by atoms with Crippen LogP contribution in [0.25, 0.3) is 0 Å². The van der Waals surface area contributed by atoms with Gasteiger partial charge in [0, 0.05) is 26.7 Å². The molecule has 0 fully saturated rings. The van der Waals surface area contributed by atoms with E-state index in [4.69, 9.17) is 0 Å². The number of hydrogen-bond donors (Lipinski definition) is 2. The second-order valence-corrected chi connectivity index (χ2v) is 5.96. The second-order valence-electron chi connectivity index (χ2n) is 3.65. The SMILES string of the molecule is CC(C)NC(=O)NCCS(=O)(=O)N(C)C. The largest absolute Gasteiger partial charge is 0.337 e. The quantitative estimate of drug-likeness (QED) is 0.682. The van der Waals surface area contributed by atoms with Crippen molar-refractivity contribution < 1.29 is 13.2 Å². The predicted molar refractivity (Wildman–Crippen MR) is 59.1 cm³/mol. The highest BCUT2D eigenvalue weighted by molar-refractivity contribution is 7.89. The molecule has 0 aliphatic carbocycles. The molecule has 2 amide bonds. The summed E-state index contributed by atoms with van der Waals surface area (Å²) in [6.45, 7) is 3.77. The lowest BCUT2D eigenvalue weighted by Crippen LogP contribution is -2.42. The zero-order valence-corrected chi connectivity index (χ0v) is 10.4. The van der Waals surface area contributed by atoms with E-state index in [2.05, 4.69) is 10.6 Å². The van der Waals surface area contributed by atoms with Crippen molar-refractivity contribution in [2.75, 3.05) is 26.4 Å². The van der Waals surface area contributed by atoms with Crippen LogP contribution in [0.1, 0.15) is 13.8 Å². The van der Waals surface area contributed by atoms with E-state index in [0.717, 1.165) is 4.31 Å². The van der Waals surface area contributed by atoms with E-state index >= 15 is 0 Å². The lowest BCUT2D eigenvalue weighted by Gasteiger charge is -2.13. The molecule has 0 aliphatic rings. The third-order valence-corrected chi connectivity index (χ3v) is 3.45. The van der Waals surface area contributed by atoms with E-state index in [1.54, 1.807) is 0 Å². The maximum absolute atomic E-state index is 11.3. The number of hydrogen-bond acceptors (Lipinski definition) is 3. The van der Waals surface area contributed by atoms with Crippen molar-refractivity contribution >= 4 is 16.1 Å². The van der Waals surface area contributed by atoms with Gasteiger partial charge in [-0.05, 0) is 13.8 Å². The molecule has 2 N–H and O–H groups in total. The highest BCUT2D eigenvalue weighted by atomic mass is 32.2. The molecule has 0 heterocycles. The smallest absolute Gasteiger partial charge is 0.315 e. The van der Waals surface area contributed by atoms with Crippen molar-refractivity contribution in [3.63, 3.8) is 0 Å². The predicted octanol–water partition coefficient (Wildman–Crippen LogP) is -0.415. The Morgan fingerprint density at radius 3 is 2.27 bits per heavy atom. The average molecular weight is 237 g/mol. The highest BCUT2D eigenvalue weighted by Crippen LogP contribution is 1.91. The molecule has 0 rings (SSSR count). The van der Waals surface area contributed by atoms with Gasteiger partial charge in [0.25, 0.3) is 0 Å². The normalized spacial score (nSPS) is 11.9. The molecule has 6 nitrogen and oxygen atoms in total. The minimum absolute atomic E-state index is 0.0375. The van der Waals surface area contributed by atoms with Crippen molar-refractivity contribution in [3.05, 3.63) is 0 Å². The van der Waals surface area contributed by atoms with Crippen LogP contribution in [0.3, 0.4) is 0 Å². The molecule has 0 aromatic rings. The van der Waals surface area contributed by atoms with Crippen LogP contribution in [0.5, 0.6) is 0 Å².